The van der Waals surface area contributed by atoms with Crippen LogP contribution in [-0.4, -0.2) is 49.1 Å². The van der Waals surface area contributed by atoms with Crippen molar-refractivity contribution in [3.63, 3.8) is 0 Å². The molecule has 1 saturated carbocycles. The van der Waals surface area contributed by atoms with E-state index in [1.165, 1.54) is 25.7 Å². The fourth-order valence-electron chi connectivity index (χ4n) is 3.56. The number of nitrogens with zero attached hydrogens (tertiary/aromatic N) is 1. The second-order valence-electron chi connectivity index (χ2n) is 7.10. The fourth-order valence-corrected chi connectivity index (χ4v) is 3.56. The van der Waals surface area contributed by atoms with Crippen LogP contribution < -0.4 is 5.32 Å². The molecule has 1 aliphatic carbocycles. The van der Waals surface area contributed by atoms with Gasteiger partial charge in [0.15, 0.2) is 0 Å². The average Bonchev–Trinajstić information content (AvgIpc) is 2.82. The van der Waals surface area contributed by atoms with Crippen LogP contribution in [0.25, 0.3) is 0 Å². The number of ether oxygens (including phenoxy) is 1. The molecule has 0 spiro atoms. The van der Waals surface area contributed by atoms with E-state index in [0.29, 0.717) is 18.9 Å². The van der Waals surface area contributed by atoms with Gasteiger partial charge in [0.05, 0.1) is 6.10 Å². The molecule has 0 radical (unpaired) electrons. The van der Waals surface area contributed by atoms with E-state index in [2.05, 4.69) is 12.2 Å². The highest BCUT2D eigenvalue weighted by molar-refractivity contribution is 5.79. The van der Waals surface area contributed by atoms with Crippen LogP contribution in [0, 0.1) is 5.92 Å². The van der Waals surface area contributed by atoms with Crippen molar-refractivity contribution in [2.45, 2.75) is 70.8 Å². The van der Waals surface area contributed by atoms with E-state index in [9.17, 15) is 9.59 Å². The van der Waals surface area contributed by atoms with Gasteiger partial charge in [-0.2, -0.15) is 0 Å². The number of hydrogen-bond donors (Lipinski definition) is 1. The molecule has 0 aromatic carbocycles. The number of amides is 2. The summed E-state index contributed by atoms with van der Waals surface area (Å²) in [5.74, 6) is 0.754. The van der Waals surface area contributed by atoms with Crippen LogP contribution in [0.5, 0.6) is 0 Å². The van der Waals surface area contributed by atoms with Gasteiger partial charge in [0, 0.05) is 26.1 Å². The van der Waals surface area contributed by atoms with Gasteiger partial charge < -0.3 is 15.0 Å². The summed E-state index contributed by atoms with van der Waals surface area (Å²) >= 11 is 0. The van der Waals surface area contributed by atoms with Gasteiger partial charge in [-0.25, -0.2) is 0 Å². The van der Waals surface area contributed by atoms with Gasteiger partial charge in [0.25, 0.3) is 0 Å². The van der Waals surface area contributed by atoms with Crippen LogP contribution in [0.2, 0.25) is 0 Å². The van der Waals surface area contributed by atoms with Crippen LogP contribution in [0.15, 0.2) is 0 Å². The smallest absolute Gasteiger partial charge is 0.246 e. The van der Waals surface area contributed by atoms with E-state index in [-0.39, 0.29) is 24.5 Å². The lowest BCUT2D eigenvalue weighted by Gasteiger charge is -2.26. The van der Waals surface area contributed by atoms with Crippen molar-refractivity contribution in [1.29, 1.82) is 0 Å². The SMILES string of the molecule is C[C@H]1CCC[C@@H](OCC(=O)NCCC(=O)N2CCCCCC2)C1. The van der Waals surface area contributed by atoms with Crippen LogP contribution >= 0.6 is 0 Å². The highest BCUT2D eigenvalue weighted by atomic mass is 16.5. The zero-order valence-electron chi connectivity index (χ0n) is 14.5. The number of nitrogens with one attached hydrogen (secondary N) is 1. The molecule has 2 rings (SSSR count). The summed E-state index contributed by atoms with van der Waals surface area (Å²) < 4.78 is 5.70. The van der Waals surface area contributed by atoms with Crippen molar-refractivity contribution in [1.82, 2.24) is 10.2 Å². The van der Waals surface area contributed by atoms with Gasteiger partial charge in [0.2, 0.25) is 11.8 Å². The van der Waals surface area contributed by atoms with Gasteiger partial charge in [-0.05, 0) is 31.6 Å². The molecule has 1 heterocycles. The molecule has 0 aromatic rings. The first-order valence-electron chi connectivity index (χ1n) is 9.31. The Labute approximate surface area is 140 Å². The molecule has 1 aliphatic heterocycles. The Morgan fingerprint density at radius 3 is 2.52 bits per heavy atom. The Balaban J connectivity index is 1.56. The number of rotatable bonds is 6. The molecule has 2 atom stereocenters. The third-order valence-corrected chi connectivity index (χ3v) is 4.96. The van der Waals surface area contributed by atoms with Gasteiger partial charge >= 0.3 is 0 Å². The molecule has 5 heteroatoms. The van der Waals surface area contributed by atoms with E-state index < -0.39 is 0 Å². The number of hydrogen-bond acceptors (Lipinski definition) is 3. The van der Waals surface area contributed by atoms with Gasteiger partial charge in [0.1, 0.15) is 6.61 Å². The summed E-state index contributed by atoms with van der Waals surface area (Å²) in [5.41, 5.74) is 0. The second kappa shape index (κ2) is 9.91. The largest absolute Gasteiger partial charge is 0.368 e. The minimum Gasteiger partial charge on any atom is -0.368 e. The Morgan fingerprint density at radius 1 is 1.09 bits per heavy atom. The average molecular weight is 324 g/mol. The lowest BCUT2D eigenvalue weighted by Crippen LogP contribution is -2.36. The maximum absolute atomic E-state index is 12.1. The minimum atomic E-state index is -0.105. The van der Waals surface area contributed by atoms with Gasteiger partial charge in [-0.3, -0.25) is 9.59 Å². The molecule has 2 aliphatic rings. The standard InChI is InChI=1S/C18H32N2O3/c1-15-7-6-8-16(13-15)23-14-17(21)19-10-9-18(22)20-11-4-2-3-5-12-20/h15-16H,2-14H2,1H3,(H,19,21)/t15-,16+/m0/s1. The van der Waals surface area contributed by atoms with E-state index in [0.717, 1.165) is 38.8 Å². The first kappa shape index (κ1) is 18.2. The summed E-state index contributed by atoms with van der Waals surface area (Å²) in [4.78, 5) is 25.9. The van der Waals surface area contributed by atoms with Crippen molar-refractivity contribution in [2.75, 3.05) is 26.2 Å². The quantitative estimate of drug-likeness (QED) is 0.816. The van der Waals surface area contributed by atoms with Crippen molar-refractivity contribution >= 4 is 11.8 Å². The first-order valence-corrected chi connectivity index (χ1v) is 9.31. The highest BCUT2D eigenvalue weighted by Gasteiger charge is 2.20. The van der Waals surface area contributed by atoms with Gasteiger partial charge in [-0.1, -0.05) is 32.6 Å². The Morgan fingerprint density at radius 2 is 1.83 bits per heavy atom. The second-order valence-corrected chi connectivity index (χ2v) is 7.10. The Kier molecular flexibility index (Phi) is 7.86. The van der Waals surface area contributed by atoms with Gasteiger partial charge in [-0.15, -0.1) is 0 Å². The highest BCUT2D eigenvalue weighted by Crippen LogP contribution is 2.25. The van der Waals surface area contributed by atoms with Crippen molar-refractivity contribution in [3.05, 3.63) is 0 Å². The van der Waals surface area contributed by atoms with Crippen LogP contribution in [0.4, 0.5) is 0 Å². The first-order chi connectivity index (χ1) is 11.1. The summed E-state index contributed by atoms with van der Waals surface area (Å²) in [6, 6.07) is 0. The molecule has 2 fully saturated rings. The van der Waals surface area contributed by atoms with Crippen molar-refractivity contribution < 1.29 is 14.3 Å². The molecule has 5 nitrogen and oxygen atoms in total. The number of carbonyl (C=O) groups excluding carboxylic acids is 2. The summed E-state index contributed by atoms with van der Waals surface area (Å²) in [5, 5.41) is 2.81. The summed E-state index contributed by atoms with van der Waals surface area (Å²) in [7, 11) is 0. The van der Waals surface area contributed by atoms with Crippen molar-refractivity contribution in [2.24, 2.45) is 5.92 Å². The zero-order chi connectivity index (χ0) is 16.5. The predicted molar refractivity (Wildman–Crippen MR) is 90.0 cm³/mol. The molecule has 23 heavy (non-hydrogen) atoms. The van der Waals surface area contributed by atoms with E-state index in [1.54, 1.807) is 0 Å². The lowest BCUT2D eigenvalue weighted by molar-refractivity contribution is -0.131. The molecule has 2 amide bonds. The number of likely N-dealkylation sites (tertiary alicyclic amines) is 1. The zero-order valence-corrected chi connectivity index (χ0v) is 14.5. The lowest BCUT2D eigenvalue weighted by atomic mass is 9.89. The van der Waals surface area contributed by atoms with Crippen LogP contribution in [0.1, 0.15) is 64.7 Å². The topological polar surface area (TPSA) is 58.6 Å². The minimum absolute atomic E-state index is 0.105. The third-order valence-electron chi connectivity index (χ3n) is 4.96. The maximum Gasteiger partial charge on any atom is 0.246 e. The molecule has 0 bridgehead atoms. The number of carbonyl (C=O) groups is 2. The van der Waals surface area contributed by atoms with Crippen LogP contribution in [0.3, 0.4) is 0 Å². The normalized spacial score (nSPS) is 25.7. The summed E-state index contributed by atoms with van der Waals surface area (Å²) in [6.07, 6.45) is 9.84. The monoisotopic (exact) mass is 324 g/mol. The van der Waals surface area contributed by atoms with Crippen molar-refractivity contribution in [3.8, 4) is 0 Å². The maximum atomic E-state index is 12.1. The molecule has 1 saturated heterocycles. The van der Waals surface area contributed by atoms with E-state index in [4.69, 9.17) is 4.74 Å². The predicted octanol–water partition coefficient (Wildman–Crippen LogP) is 2.49. The molecule has 0 unspecified atom stereocenters. The fraction of sp³-hybridized carbons (Fsp3) is 0.889. The van der Waals surface area contributed by atoms with Crippen LogP contribution in [-0.2, 0) is 14.3 Å². The Bertz CT molecular complexity index is 378. The third kappa shape index (κ3) is 6.90. The Hall–Kier alpha value is -1.10. The molecular formula is C18H32N2O3. The molecule has 132 valence electrons. The molecular weight excluding hydrogens is 292 g/mol. The summed E-state index contributed by atoms with van der Waals surface area (Å²) in [6.45, 7) is 4.52. The van der Waals surface area contributed by atoms with E-state index >= 15 is 0 Å². The molecule has 1 N–H and O–H groups in total. The molecule has 0 aromatic heterocycles. The van der Waals surface area contributed by atoms with E-state index in [1.807, 2.05) is 4.90 Å².